The highest BCUT2D eigenvalue weighted by Crippen LogP contribution is 2.61. The second-order valence-corrected chi connectivity index (χ2v) is 8.57. The number of carbonyl (C=O) groups is 1. The second kappa shape index (κ2) is 6.03. The summed E-state index contributed by atoms with van der Waals surface area (Å²) in [6, 6.07) is 0. The maximum atomic E-state index is 12.1. The fraction of sp³-hybridized carbons (Fsp3) is 0.923. The van der Waals surface area contributed by atoms with Gasteiger partial charge in [-0.05, 0) is 50.4 Å². The number of hydrogen-bond donors (Lipinski definition) is 1. The predicted molar refractivity (Wildman–Crippen MR) is 81.0 cm³/mol. The molecule has 0 saturated heterocycles. The van der Waals surface area contributed by atoms with E-state index in [1.165, 1.54) is 0 Å². The second-order valence-electron chi connectivity index (χ2n) is 7.06. The van der Waals surface area contributed by atoms with Crippen molar-refractivity contribution in [3.05, 3.63) is 0 Å². The van der Waals surface area contributed by atoms with E-state index >= 15 is 0 Å². The minimum atomic E-state index is -5.24. The van der Waals surface area contributed by atoms with Gasteiger partial charge in [-0.1, -0.05) is 13.5 Å². The third kappa shape index (κ3) is 3.74. The van der Waals surface area contributed by atoms with E-state index in [0.717, 1.165) is 32.1 Å². The molecule has 23 heavy (non-hydrogen) atoms. The molecule has 4 bridgehead atoms. The van der Waals surface area contributed by atoms with Gasteiger partial charge < -0.3 is 14.0 Å². The van der Waals surface area contributed by atoms with Crippen molar-refractivity contribution in [1.82, 2.24) is 0 Å². The number of halogens is 2. The number of carbonyl (C=O) groups excluding carboxylic acids is 1. The first-order valence-corrected chi connectivity index (χ1v) is 8.69. The highest BCUT2D eigenvalue weighted by Gasteiger charge is 2.57. The van der Waals surface area contributed by atoms with Gasteiger partial charge in [0.2, 0.25) is 0 Å². The van der Waals surface area contributed by atoms with Crippen LogP contribution in [0.1, 0.15) is 38.5 Å². The molecule has 10 heteroatoms. The molecule has 4 rings (SSSR count). The molecule has 1 N–H and O–H groups in total. The lowest BCUT2D eigenvalue weighted by Gasteiger charge is -2.59. The van der Waals surface area contributed by atoms with Gasteiger partial charge in [-0.2, -0.15) is 17.2 Å². The van der Waals surface area contributed by atoms with Crippen molar-refractivity contribution in [3.8, 4) is 0 Å². The van der Waals surface area contributed by atoms with Crippen molar-refractivity contribution in [2.45, 2.75) is 49.9 Å². The van der Waals surface area contributed by atoms with Crippen LogP contribution in [0.3, 0.4) is 0 Å². The minimum Gasteiger partial charge on any atom is -0.433 e. The summed E-state index contributed by atoms with van der Waals surface area (Å²) in [5, 5.41) is 10.5. The molecule has 0 heterocycles. The highest BCUT2D eigenvalue weighted by atomic mass is 32.2. The van der Waals surface area contributed by atoms with E-state index in [9.17, 15) is 27.1 Å². The number of ether oxygens (including phenoxy) is 1. The maximum Gasteiger partial charge on any atom is 0.524 e. The van der Waals surface area contributed by atoms with Gasteiger partial charge in [0.05, 0.1) is 5.60 Å². The van der Waals surface area contributed by atoms with Crippen LogP contribution in [0.15, 0.2) is 0 Å². The fourth-order valence-corrected chi connectivity index (χ4v) is 5.25. The van der Waals surface area contributed by atoms with Gasteiger partial charge in [-0.15, -0.1) is 0 Å². The molecule has 4 aliphatic rings. The van der Waals surface area contributed by atoms with E-state index in [0.29, 0.717) is 18.3 Å². The molecule has 0 aliphatic heterocycles. The third-order valence-electron chi connectivity index (χ3n) is 5.05. The van der Waals surface area contributed by atoms with Crippen LogP contribution >= 0.6 is 0 Å². The van der Waals surface area contributed by atoms with Crippen LogP contribution in [0.4, 0.5) is 13.6 Å². The molecule has 0 amide bonds. The Labute approximate surface area is 140 Å². The van der Waals surface area contributed by atoms with E-state index in [-0.39, 0.29) is 20.1 Å². The summed E-state index contributed by atoms with van der Waals surface area (Å²) >= 11 is 0. The summed E-state index contributed by atoms with van der Waals surface area (Å²) in [7, 11) is -5.24. The Balaban J connectivity index is 0.00000192. The van der Waals surface area contributed by atoms with Crippen molar-refractivity contribution in [3.63, 3.8) is 0 Å². The average Bonchev–Trinajstić information content (AvgIpc) is 2.32. The standard InChI is InChI=1S/C13H18F2O6S.H2S/c14-10(15)22(18,19)21-11(16)20-7-12-2-8-1-9(3-12)5-13(17,4-8)6-12;/h8-10,17H,1-7H2;1H2/p+1. The molecule has 134 valence electrons. The SMILES string of the molecule is O=C(OCC12CC3CC(CC(O)(C3)C1)C2)OS(=O)(=O)C(F)F.[SH3+]. The van der Waals surface area contributed by atoms with Crippen molar-refractivity contribution in [2.75, 3.05) is 6.61 Å². The zero-order valence-electron chi connectivity index (χ0n) is 12.4. The van der Waals surface area contributed by atoms with Crippen molar-refractivity contribution < 1.29 is 36.0 Å². The van der Waals surface area contributed by atoms with Gasteiger partial charge in [-0.25, -0.2) is 4.79 Å². The van der Waals surface area contributed by atoms with Crippen LogP contribution in [-0.4, -0.2) is 37.6 Å². The molecule has 2 unspecified atom stereocenters. The number of aliphatic hydroxyl groups is 1. The molecular weight excluding hydrogens is 354 g/mol. The van der Waals surface area contributed by atoms with Gasteiger partial charge >= 0.3 is 22.0 Å². The Morgan fingerprint density at radius 3 is 2.26 bits per heavy atom. The number of hydrogen-bond acceptors (Lipinski definition) is 6. The van der Waals surface area contributed by atoms with Gasteiger partial charge in [0.15, 0.2) is 0 Å². The zero-order valence-corrected chi connectivity index (χ0v) is 14.4. The first-order valence-electron chi connectivity index (χ1n) is 7.22. The maximum absolute atomic E-state index is 12.1. The first kappa shape index (κ1) is 18.7. The third-order valence-corrected chi connectivity index (χ3v) is 5.85. The van der Waals surface area contributed by atoms with Crippen LogP contribution in [0, 0.1) is 17.3 Å². The molecule has 0 aromatic rings. The Morgan fingerprint density at radius 1 is 1.22 bits per heavy atom. The van der Waals surface area contributed by atoms with Crippen molar-refractivity contribution in [1.29, 1.82) is 0 Å². The highest BCUT2D eigenvalue weighted by molar-refractivity contribution is 7.87. The lowest BCUT2D eigenvalue weighted by molar-refractivity contribution is -0.176. The molecule has 0 aromatic heterocycles. The summed E-state index contributed by atoms with van der Waals surface area (Å²) < 4.78 is 54.3. The Hall–Kier alpha value is -0.610. The Morgan fingerprint density at radius 2 is 1.78 bits per heavy atom. The Kier molecular flexibility index (Phi) is 4.91. The number of rotatable bonds is 4. The molecule has 0 spiro atoms. The first-order chi connectivity index (χ1) is 10.1. The van der Waals surface area contributed by atoms with E-state index in [4.69, 9.17) is 4.74 Å². The molecule has 0 radical (unpaired) electrons. The molecule has 4 saturated carbocycles. The summed E-state index contributed by atoms with van der Waals surface area (Å²) in [6.45, 7) is -0.111. The average molecular weight is 375 g/mol. The zero-order chi connectivity index (χ0) is 16.2. The van der Waals surface area contributed by atoms with Crippen molar-refractivity contribution in [2.24, 2.45) is 17.3 Å². The van der Waals surface area contributed by atoms with Crippen LogP contribution in [-0.2, 0) is 32.5 Å². The normalized spacial score (nSPS) is 38.3. The van der Waals surface area contributed by atoms with Crippen LogP contribution in [0.2, 0.25) is 0 Å². The lowest BCUT2D eigenvalue weighted by Crippen LogP contribution is -2.57. The summed E-state index contributed by atoms with van der Waals surface area (Å²) in [5.74, 6) is -3.05. The molecule has 4 aliphatic carbocycles. The Bertz CT molecular complexity index is 565. The van der Waals surface area contributed by atoms with E-state index in [2.05, 4.69) is 4.18 Å². The number of alkyl halides is 2. The lowest BCUT2D eigenvalue weighted by atomic mass is 9.48. The van der Waals surface area contributed by atoms with Crippen molar-refractivity contribution >= 4 is 29.8 Å². The summed E-state index contributed by atoms with van der Waals surface area (Å²) in [4.78, 5) is 11.3. The minimum absolute atomic E-state index is 0. The van der Waals surface area contributed by atoms with Gasteiger partial charge in [0.1, 0.15) is 6.61 Å². The van der Waals surface area contributed by atoms with Gasteiger partial charge in [-0.3, -0.25) is 0 Å². The van der Waals surface area contributed by atoms with E-state index in [1.54, 1.807) is 0 Å². The van der Waals surface area contributed by atoms with Crippen LogP contribution < -0.4 is 0 Å². The topological polar surface area (TPSA) is 89.9 Å². The quantitative estimate of drug-likeness (QED) is 0.451. The fourth-order valence-electron chi connectivity index (χ4n) is 4.94. The summed E-state index contributed by atoms with van der Waals surface area (Å²) in [5.41, 5.74) is -1.14. The molecular formula is C13H21F2O6S2+. The van der Waals surface area contributed by atoms with E-state index in [1.807, 2.05) is 0 Å². The summed E-state index contributed by atoms with van der Waals surface area (Å²) in [6.07, 6.45) is 2.98. The smallest absolute Gasteiger partial charge is 0.433 e. The van der Waals surface area contributed by atoms with Gasteiger partial charge in [0, 0.05) is 5.41 Å². The molecule has 6 nitrogen and oxygen atoms in total. The van der Waals surface area contributed by atoms with E-state index < -0.39 is 33.0 Å². The van der Waals surface area contributed by atoms with Crippen LogP contribution in [0.25, 0.3) is 0 Å². The van der Waals surface area contributed by atoms with Gasteiger partial charge in [0.25, 0.3) is 0 Å². The molecule has 4 fully saturated rings. The molecule has 2 atom stereocenters. The largest absolute Gasteiger partial charge is 0.524 e. The molecule has 0 aromatic carbocycles. The predicted octanol–water partition coefficient (Wildman–Crippen LogP) is 1.22. The van der Waals surface area contributed by atoms with Crippen LogP contribution in [0.5, 0.6) is 0 Å². The monoisotopic (exact) mass is 375 g/mol.